The van der Waals surface area contributed by atoms with E-state index in [2.05, 4.69) is 45.1 Å². The number of hydrogen-bond donors (Lipinski definition) is 1. The van der Waals surface area contributed by atoms with Gasteiger partial charge in [0.25, 0.3) is 0 Å². The number of hydrogen-bond acceptors (Lipinski definition) is 2. The lowest BCUT2D eigenvalue weighted by Gasteiger charge is -2.29. The van der Waals surface area contributed by atoms with E-state index < -0.39 is 0 Å². The second kappa shape index (κ2) is 5.84. The highest BCUT2D eigenvalue weighted by Gasteiger charge is 2.21. The van der Waals surface area contributed by atoms with Gasteiger partial charge in [-0.1, -0.05) is 39.8 Å². The van der Waals surface area contributed by atoms with Gasteiger partial charge in [0, 0.05) is 13.1 Å². The molecule has 0 bridgehead atoms. The van der Waals surface area contributed by atoms with Gasteiger partial charge >= 0.3 is 0 Å². The first-order valence-electron chi connectivity index (χ1n) is 6.15. The lowest BCUT2D eigenvalue weighted by atomic mass is 9.81. The van der Waals surface area contributed by atoms with Gasteiger partial charge in [0.1, 0.15) is 0 Å². The Kier molecular flexibility index (Phi) is 4.72. The predicted molar refractivity (Wildman–Crippen MR) is 71.5 cm³/mol. The molecule has 0 unspecified atom stereocenters. The van der Waals surface area contributed by atoms with Gasteiger partial charge < -0.3 is 5.32 Å². The van der Waals surface area contributed by atoms with Crippen LogP contribution in [0.5, 0.6) is 0 Å². The zero-order valence-corrected chi connectivity index (χ0v) is 11.2. The monoisotopic (exact) mass is 230 g/mol. The van der Waals surface area contributed by atoms with Crippen molar-refractivity contribution in [2.45, 2.75) is 34.2 Å². The summed E-state index contributed by atoms with van der Waals surface area (Å²) in [4.78, 5) is 0. The summed E-state index contributed by atoms with van der Waals surface area (Å²) in [5.74, 6) is 0.653. The first kappa shape index (κ1) is 13.7. The summed E-state index contributed by atoms with van der Waals surface area (Å²) >= 11 is 0. The molecule has 0 saturated heterocycles. The van der Waals surface area contributed by atoms with Crippen molar-refractivity contribution in [1.82, 2.24) is 5.32 Å². The fourth-order valence-corrected chi connectivity index (χ4v) is 1.48. The van der Waals surface area contributed by atoms with Crippen LogP contribution in [0.1, 0.15) is 38.8 Å². The molecular weight excluding hydrogens is 208 g/mol. The third-order valence-electron chi connectivity index (χ3n) is 3.53. The number of rotatable bonds is 5. The average Bonchev–Trinajstić information content (AvgIpc) is 2.29. The molecule has 1 aromatic carbocycles. The normalized spacial score (nSPS) is 11.5. The zero-order valence-electron chi connectivity index (χ0n) is 11.2. The smallest absolute Gasteiger partial charge is 0.0991 e. The highest BCUT2D eigenvalue weighted by Crippen LogP contribution is 2.24. The third kappa shape index (κ3) is 4.20. The number of nitrogens with zero attached hydrogens (tertiary/aromatic N) is 1. The summed E-state index contributed by atoms with van der Waals surface area (Å²) in [6, 6.07) is 9.92. The minimum absolute atomic E-state index is 0.298. The molecule has 0 amide bonds. The van der Waals surface area contributed by atoms with Crippen molar-refractivity contribution < 1.29 is 0 Å². The van der Waals surface area contributed by atoms with Crippen LogP contribution in [0.25, 0.3) is 0 Å². The van der Waals surface area contributed by atoms with Crippen molar-refractivity contribution in [3.8, 4) is 6.07 Å². The van der Waals surface area contributed by atoms with Crippen LogP contribution in [0.3, 0.4) is 0 Å². The highest BCUT2D eigenvalue weighted by atomic mass is 14.9. The lowest BCUT2D eigenvalue weighted by Crippen LogP contribution is -2.33. The van der Waals surface area contributed by atoms with Gasteiger partial charge in [-0.25, -0.2) is 0 Å². The molecule has 2 heteroatoms. The van der Waals surface area contributed by atoms with Crippen LogP contribution in [0, 0.1) is 22.7 Å². The van der Waals surface area contributed by atoms with Gasteiger partial charge in [-0.05, 0) is 29.0 Å². The predicted octanol–water partition coefficient (Wildman–Crippen LogP) is 3.33. The molecule has 2 nitrogen and oxygen atoms in total. The molecule has 0 aliphatic carbocycles. The molecule has 0 spiro atoms. The average molecular weight is 230 g/mol. The van der Waals surface area contributed by atoms with Crippen molar-refractivity contribution >= 4 is 0 Å². The topological polar surface area (TPSA) is 35.8 Å². The molecule has 1 N–H and O–H groups in total. The quantitative estimate of drug-likeness (QED) is 0.842. The van der Waals surface area contributed by atoms with Crippen LogP contribution in [0.2, 0.25) is 0 Å². The number of nitriles is 1. The maximum atomic E-state index is 8.82. The van der Waals surface area contributed by atoms with Crippen molar-refractivity contribution in [2.24, 2.45) is 11.3 Å². The molecule has 0 heterocycles. The van der Waals surface area contributed by atoms with E-state index in [0.717, 1.165) is 18.7 Å². The number of benzene rings is 1. The number of nitrogens with one attached hydrogen (secondary N) is 1. The van der Waals surface area contributed by atoms with E-state index in [4.69, 9.17) is 5.26 Å². The summed E-state index contributed by atoms with van der Waals surface area (Å²) in [5, 5.41) is 12.3. The molecule has 1 rings (SSSR count). The molecule has 0 radical (unpaired) electrons. The molecule has 0 aliphatic rings. The molecule has 0 aromatic heterocycles. The van der Waals surface area contributed by atoms with E-state index in [9.17, 15) is 0 Å². The Morgan fingerprint density at radius 2 is 2.06 bits per heavy atom. The first-order chi connectivity index (χ1) is 7.95. The Hall–Kier alpha value is -1.33. The molecule has 0 atom stereocenters. The summed E-state index contributed by atoms with van der Waals surface area (Å²) in [6.07, 6.45) is 0. The lowest BCUT2D eigenvalue weighted by molar-refractivity contribution is 0.238. The minimum atomic E-state index is 0.298. The molecule has 0 saturated carbocycles. The standard InChI is InChI=1S/C15H22N2/c1-12(2)15(3,4)11-17-10-14-7-5-6-13(8-14)9-16/h5-8,12,17H,10-11H2,1-4H3. The van der Waals surface area contributed by atoms with Crippen molar-refractivity contribution in [2.75, 3.05) is 6.54 Å². The first-order valence-corrected chi connectivity index (χ1v) is 6.15. The zero-order chi connectivity index (χ0) is 12.9. The van der Waals surface area contributed by atoms with Gasteiger partial charge in [-0.2, -0.15) is 5.26 Å². The summed E-state index contributed by atoms with van der Waals surface area (Å²) < 4.78 is 0. The SMILES string of the molecule is CC(C)C(C)(C)CNCc1cccc(C#N)c1. The van der Waals surface area contributed by atoms with Crippen LogP contribution in [0.15, 0.2) is 24.3 Å². The Morgan fingerprint density at radius 1 is 1.35 bits per heavy atom. The minimum Gasteiger partial charge on any atom is -0.312 e. The molecule has 0 aliphatic heterocycles. The van der Waals surface area contributed by atoms with Crippen LogP contribution < -0.4 is 5.32 Å². The Labute approximate surface area is 105 Å². The summed E-state index contributed by atoms with van der Waals surface area (Å²) in [7, 11) is 0. The van der Waals surface area contributed by atoms with Gasteiger partial charge in [-0.15, -0.1) is 0 Å². The van der Waals surface area contributed by atoms with Crippen LogP contribution in [0.4, 0.5) is 0 Å². The van der Waals surface area contributed by atoms with Crippen LogP contribution in [-0.4, -0.2) is 6.54 Å². The van der Waals surface area contributed by atoms with E-state index in [-0.39, 0.29) is 0 Å². The van der Waals surface area contributed by atoms with E-state index in [1.165, 1.54) is 5.56 Å². The molecule has 17 heavy (non-hydrogen) atoms. The fraction of sp³-hybridized carbons (Fsp3) is 0.533. The van der Waals surface area contributed by atoms with Crippen LogP contribution >= 0.6 is 0 Å². The van der Waals surface area contributed by atoms with Crippen LogP contribution in [-0.2, 0) is 6.54 Å². The molecule has 92 valence electrons. The molecular formula is C15H22N2. The van der Waals surface area contributed by atoms with E-state index in [1.54, 1.807) is 0 Å². The van der Waals surface area contributed by atoms with Crippen molar-refractivity contribution in [1.29, 1.82) is 5.26 Å². The summed E-state index contributed by atoms with van der Waals surface area (Å²) in [5.41, 5.74) is 2.20. The van der Waals surface area contributed by atoms with E-state index in [1.807, 2.05) is 18.2 Å². The molecule has 0 fully saturated rings. The van der Waals surface area contributed by atoms with Gasteiger partial charge in [0.2, 0.25) is 0 Å². The third-order valence-corrected chi connectivity index (χ3v) is 3.53. The van der Waals surface area contributed by atoms with Gasteiger partial charge in [-0.3, -0.25) is 0 Å². The van der Waals surface area contributed by atoms with E-state index in [0.29, 0.717) is 11.3 Å². The molecule has 1 aromatic rings. The maximum Gasteiger partial charge on any atom is 0.0991 e. The Bertz CT molecular complexity index is 400. The Morgan fingerprint density at radius 3 is 2.65 bits per heavy atom. The summed E-state index contributed by atoms with van der Waals surface area (Å²) in [6.45, 7) is 10.9. The maximum absolute atomic E-state index is 8.82. The van der Waals surface area contributed by atoms with Crippen molar-refractivity contribution in [3.05, 3.63) is 35.4 Å². The fourth-order valence-electron chi connectivity index (χ4n) is 1.48. The van der Waals surface area contributed by atoms with Gasteiger partial charge in [0.15, 0.2) is 0 Å². The van der Waals surface area contributed by atoms with Crippen molar-refractivity contribution in [3.63, 3.8) is 0 Å². The van der Waals surface area contributed by atoms with E-state index >= 15 is 0 Å². The highest BCUT2D eigenvalue weighted by molar-refractivity contribution is 5.32. The van der Waals surface area contributed by atoms with Gasteiger partial charge in [0.05, 0.1) is 11.6 Å². The second-order valence-electron chi connectivity index (χ2n) is 5.56. The Balaban J connectivity index is 2.49. The second-order valence-corrected chi connectivity index (χ2v) is 5.56. The largest absolute Gasteiger partial charge is 0.312 e.